The number of anilines is 1. The van der Waals surface area contributed by atoms with Gasteiger partial charge in [0, 0.05) is 24.0 Å². The topological polar surface area (TPSA) is 51.7 Å². The number of fused-ring (bicyclic) bond motifs is 1. The van der Waals surface area contributed by atoms with Gasteiger partial charge in [-0.2, -0.15) is 0 Å². The van der Waals surface area contributed by atoms with Gasteiger partial charge in [-0.15, -0.1) is 13.2 Å². The molecule has 0 saturated carbocycles. The summed E-state index contributed by atoms with van der Waals surface area (Å²) < 4.78 is 47.1. The van der Waals surface area contributed by atoms with E-state index in [9.17, 15) is 18.0 Å². The Morgan fingerprint density at radius 3 is 2.47 bits per heavy atom. The number of aryl methyl sites for hydroxylation is 1. The number of alkyl halides is 3. The lowest BCUT2D eigenvalue weighted by Gasteiger charge is -2.30. The lowest BCUT2D eigenvalue weighted by Crippen LogP contribution is -2.35. The summed E-state index contributed by atoms with van der Waals surface area (Å²) in [4.78, 5) is 18.6. The summed E-state index contributed by atoms with van der Waals surface area (Å²) in [6.45, 7) is 0.485. The molecule has 2 aromatic carbocycles. The molecule has 0 bridgehead atoms. The van der Waals surface area contributed by atoms with Crippen molar-refractivity contribution in [3.63, 3.8) is 0 Å². The van der Waals surface area contributed by atoms with Gasteiger partial charge in [-0.25, -0.2) is 0 Å². The second-order valence-corrected chi connectivity index (χ2v) is 6.71. The van der Waals surface area contributed by atoms with E-state index in [2.05, 4.69) is 9.72 Å². The number of hydrogen-bond donors (Lipinski definition) is 0. The summed E-state index contributed by atoms with van der Waals surface area (Å²) in [5.41, 5.74) is 1.70. The van der Waals surface area contributed by atoms with Crippen LogP contribution in [0.1, 0.15) is 22.3 Å². The molecule has 8 heteroatoms. The molecule has 3 aromatic rings. The second kappa shape index (κ2) is 8.06. The van der Waals surface area contributed by atoms with Gasteiger partial charge in [-0.3, -0.25) is 9.78 Å². The van der Waals surface area contributed by atoms with Gasteiger partial charge in [-0.05, 0) is 73.0 Å². The van der Waals surface area contributed by atoms with Crippen molar-refractivity contribution in [2.75, 3.05) is 11.4 Å². The first kappa shape index (κ1) is 19.8. The van der Waals surface area contributed by atoms with E-state index in [0.717, 1.165) is 0 Å². The predicted molar refractivity (Wildman–Crippen MR) is 104 cm³/mol. The molecular formula is C22H17F3N2O3. The fourth-order valence-corrected chi connectivity index (χ4v) is 3.35. The zero-order chi connectivity index (χ0) is 21.1. The second-order valence-electron chi connectivity index (χ2n) is 6.71. The summed E-state index contributed by atoms with van der Waals surface area (Å²) in [5.74, 6) is 0.631. The molecule has 2 heterocycles. The molecule has 1 amide bonds. The van der Waals surface area contributed by atoms with Crippen molar-refractivity contribution in [2.45, 2.75) is 19.2 Å². The van der Waals surface area contributed by atoms with E-state index in [-0.39, 0.29) is 11.7 Å². The number of carbonyl (C=O) groups is 1. The van der Waals surface area contributed by atoms with Gasteiger partial charge >= 0.3 is 6.36 Å². The van der Waals surface area contributed by atoms with Gasteiger partial charge < -0.3 is 14.4 Å². The molecule has 0 aliphatic carbocycles. The first-order chi connectivity index (χ1) is 14.4. The normalized spacial score (nSPS) is 13.5. The van der Waals surface area contributed by atoms with Crippen molar-refractivity contribution in [1.29, 1.82) is 0 Å². The van der Waals surface area contributed by atoms with Gasteiger partial charge in [0.25, 0.3) is 5.91 Å². The first-order valence-electron chi connectivity index (χ1n) is 9.27. The predicted octanol–water partition coefficient (Wildman–Crippen LogP) is 5.37. The van der Waals surface area contributed by atoms with Crippen molar-refractivity contribution in [3.8, 4) is 17.2 Å². The molecule has 30 heavy (non-hydrogen) atoms. The lowest BCUT2D eigenvalue weighted by atomic mass is 10.0. The van der Waals surface area contributed by atoms with Gasteiger partial charge in [0.05, 0.1) is 6.20 Å². The van der Waals surface area contributed by atoms with E-state index in [0.29, 0.717) is 47.7 Å². The van der Waals surface area contributed by atoms with Crippen LogP contribution in [0.5, 0.6) is 17.2 Å². The van der Waals surface area contributed by atoms with Crippen LogP contribution in [0, 0.1) is 0 Å². The molecule has 4 rings (SSSR count). The summed E-state index contributed by atoms with van der Waals surface area (Å²) >= 11 is 0. The SMILES string of the molecule is O=C(c1ccc(Oc2cccnc2)cc1)N1CCCc2cc(OC(F)(F)F)ccc21. The summed E-state index contributed by atoms with van der Waals surface area (Å²) in [6, 6.07) is 14.3. The average Bonchev–Trinajstić information content (AvgIpc) is 2.73. The third kappa shape index (κ3) is 4.53. The Labute approximate surface area is 170 Å². The third-order valence-corrected chi connectivity index (χ3v) is 4.62. The molecule has 0 unspecified atom stereocenters. The Morgan fingerprint density at radius 1 is 1.00 bits per heavy atom. The van der Waals surface area contributed by atoms with E-state index >= 15 is 0 Å². The van der Waals surface area contributed by atoms with Crippen molar-refractivity contribution < 1.29 is 27.4 Å². The molecule has 1 aromatic heterocycles. The first-order valence-corrected chi connectivity index (χ1v) is 9.27. The van der Waals surface area contributed by atoms with E-state index in [4.69, 9.17) is 4.74 Å². The number of nitrogens with zero attached hydrogens (tertiary/aromatic N) is 2. The van der Waals surface area contributed by atoms with Crippen LogP contribution in [0.25, 0.3) is 0 Å². The average molecular weight is 414 g/mol. The highest BCUT2D eigenvalue weighted by Crippen LogP contribution is 2.33. The van der Waals surface area contributed by atoms with Crippen LogP contribution in [0.3, 0.4) is 0 Å². The Bertz CT molecular complexity index is 1040. The number of hydrogen-bond acceptors (Lipinski definition) is 4. The van der Waals surface area contributed by atoms with Crippen molar-refractivity contribution >= 4 is 11.6 Å². The number of pyridine rings is 1. The summed E-state index contributed by atoms with van der Waals surface area (Å²) in [6.07, 6.45) is -0.301. The number of halogens is 3. The Kier molecular flexibility index (Phi) is 5.31. The minimum atomic E-state index is -4.75. The Morgan fingerprint density at radius 2 is 1.77 bits per heavy atom. The zero-order valence-corrected chi connectivity index (χ0v) is 15.7. The van der Waals surface area contributed by atoms with Gasteiger partial charge in [0.1, 0.15) is 17.2 Å². The van der Waals surface area contributed by atoms with E-state index in [1.165, 1.54) is 18.2 Å². The molecule has 0 atom stereocenters. The number of carbonyl (C=O) groups excluding carboxylic acids is 1. The standard InChI is InChI=1S/C22H17F3N2O3/c23-22(24,25)30-18-9-10-20-16(13-18)3-2-12-27(20)21(28)15-5-7-17(8-6-15)29-19-4-1-11-26-14-19/h1,4-11,13-14H,2-3,12H2. The fraction of sp³-hybridized carbons (Fsp3) is 0.182. The maximum Gasteiger partial charge on any atom is 0.573 e. The number of rotatable bonds is 4. The minimum absolute atomic E-state index is 0.228. The van der Waals surface area contributed by atoms with Crippen LogP contribution in [0.2, 0.25) is 0 Å². The summed E-state index contributed by atoms with van der Waals surface area (Å²) in [5, 5.41) is 0. The monoisotopic (exact) mass is 414 g/mol. The molecule has 0 N–H and O–H groups in total. The summed E-state index contributed by atoms with van der Waals surface area (Å²) in [7, 11) is 0. The van der Waals surface area contributed by atoms with E-state index in [1.807, 2.05) is 0 Å². The molecule has 0 radical (unpaired) electrons. The number of benzene rings is 2. The maximum atomic E-state index is 13.0. The molecule has 0 fully saturated rings. The number of aromatic nitrogens is 1. The molecule has 1 aliphatic rings. The van der Waals surface area contributed by atoms with Crippen LogP contribution < -0.4 is 14.4 Å². The Hall–Kier alpha value is -3.55. The van der Waals surface area contributed by atoms with Crippen LogP contribution in [0.4, 0.5) is 18.9 Å². The van der Waals surface area contributed by atoms with Crippen LogP contribution >= 0.6 is 0 Å². The highest BCUT2D eigenvalue weighted by Gasteiger charge is 2.32. The smallest absolute Gasteiger partial charge is 0.456 e. The zero-order valence-electron chi connectivity index (χ0n) is 15.7. The van der Waals surface area contributed by atoms with E-state index < -0.39 is 6.36 Å². The molecule has 5 nitrogen and oxygen atoms in total. The Balaban J connectivity index is 1.51. The van der Waals surface area contributed by atoms with Crippen molar-refractivity contribution in [1.82, 2.24) is 4.98 Å². The van der Waals surface area contributed by atoms with E-state index in [1.54, 1.807) is 53.7 Å². The molecule has 154 valence electrons. The highest BCUT2D eigenvalue weighted by molar-refractivity contribution is 6.06. The molecule has 1 aliphatic heterocycles. The largest absolute Gasteiger partial charge is 0.573 e. The van der Waals surface area contributed by atoms with Gasteiger partial charge in [-0.1, -0.05) is 0 Å². The van der Waals surface area contributed by atoms with Gasteiger partial charge in [0.2, 0.25) is 0 Å². The van der Waals surface area contributed by atoms with Crippen LogP contribution in [0.15, 0.2) is 67.0 Å². The minimum Gasteiger partial charge on any atom is -0.456 e. The number of ether oxygens (including phenoxy) is 2. The van der Waals surface area contributed by atoms with Crippen LogP contribution in [-0.2, 0) is 6.42 Å². The third-order valence-electron chi connectivity index (χ3n) is 4.62. The van der Waals surface area contributed by atoms with Gasteiger partial charge in [0.15, 0.2) is 0 Å². The fourth-order valence-electron chi connectivity index (χ4n) is 3.35. The molecule has 0 spiro atoms. The quantitative estimate of drug-likeness (QED) is 0.576. The van der Waals surface area contributed by atoms with Crippen LogP contribution in [-0.4, -0.2) is 23.8 Å². The van der Waals surface area contributed by atoms with Crippen molar-refractivity contribution in [2.24, 2.45) is 0 Å². The lowest BCUT2D eigenvalue weighted by molar-refractivity contribution is -0.274. The maximum absolute atomic E-state index is 13.0. The number of amides is 1. The molecular weight excluding hydrogens is 397 g/mol. The van der Waals surface area contributed by atoms with Crippen molar-refractivity contribution in [3.05, 3.63) is 78.1 Å². The highest BCUT2D eigenvalue weighted by atomic mass is 19.4. The molecule has 0 saturated heterocycles.